The predicted molar refractivity (Wildman–Crippen MR) is 79.5 cm³/mol. The first kappa shape index (κ1) is 14.8. The lowest BCUT2D eigenvalue weighted by Crippen LogP contribution is -2.42. The molecule has 1 aromatic carbocycles. The van der Waals surface area contributed by atoms with Gasteiger partial charge in [-0.2, -0.15) is 0 Å². The summed E-state index contributed by atoms with van der Waals surface area (Å²) in [4.78, 5) is 14.4. The number of hydrogen-bond donors (Lipinski definition) is 1. The van der Waals surface area contributed by atoms with E-state index in [0.717, 1.165) is 32.4 Å². The van der Waals surface area contributed by atoms with Crippen molar-refractivity contribution in [2.45, 2.75) is 33.1 Å². The van der Waals surface area contributed by atoms with E-state index in [4.69, 9.17) is 0 Å². The number of nitrogens with one attached hydrogen (secondary N) is 1. The summed E-state index contributed by atoms with van der Waals surface area (Å²) in [5, 5.41) is 2.79. The summed E-state index contributed by atoms with van der Waals surface area (Å²) in [6.45, 7) is 5.98. The number of likely N-dealkylation sites (tertiary alicyclic amines) is 1. The van der Waals surface area contributed by atoms with Crippen molar-refractivity contribution in [1.29, 1.82) is 0 Å². The second-order valence-electron chi connectivity index (χ2n) is 5.87. The minimum atomic E-state index is -0.381. The average molecular weight is 278 g/mol. The third kappa shape index (κ3) is 2.79. The Hall–Kier alpha value is -1.58. The van der Waals surface area contributed by atoms with Gasteiger partial charge in [-0.1, -0.05) is 26.3 Å². The van der Waals surface area contributed by atoms with Gasteiger partial charge in [0, 0.05) is 20.1 Å². The fraction of sp³-hybridized carbons (Fsp3) is 0.562. The molecule has 1 amide bonds. The lowest BCUT2D eigenvalue weighted by Gasteiger charge is -2.39. The number of carbonyl (C=O) groups is 1. The summed E-state index contributed by atoms with van der Waals surface area (Å²) < 4.78 is 13.7. The molecule has 1 aliphatic heterocycles. The van der Waals surface area contributed by atoms with E-state index in [1.165, 1.54) is 6.07 Å². The summed E-state index contributed by atoms with van der Waals surface area (Å²) in [5.41, 5.74) is 1.05. The van der Waals surface area contributed by atoms with Gasteiger partial charge in [0.1, 0.15) is 5.82 Å². The van der Waals surface area contributed by atoms with Crippen LogP contribution in [0.5, 0.6) is 0 Å². The fourth-order valence-electron chi connectivity index (χ4n) is 2.73. The molecule has 0 saturated carbocycles. The van der Waals surface area contributed by atoms with Crippen LogP contribution in [0.1, 0.15) is 43.5 Å². The smallest absolute Gasteiger partial charge is 0.256 e. The number of rotatable bonds is 3. The minimum absolute atomic E-state index is 0.0768. The number of carbonyl (C=O) groups excluding carboxylic acids is 1. The third-order valence-corrected chi connectivity index (χ3v) is 4.61. The highest BCUT2D eigenvalue weighted by Crippen LogP contribution is 2.34. The average Bonchev–Trinajstić information content (AvgIpc) is 2.47. The van der Waals surface area contributed by atoms with Crippen molar-refractivity contribution in [2.75, 3.05) is 25.5 Å². The van der Waals surface area contributed by atoms with E-state index in [9.17, 15) is 9.18 Å². The van der Waals surface area contributed by atoms with Crippen molar-refractivity contribution in [2.24, 2.45) is 5.41 Å². The lowest BCUT2D eigenvalue weighted by molar-refractivity contribution is 0.0601. The van der Waals surface area contributed by atoms with E-state index < -0.39 is 0 Å². The second kappa shape index (κ2) is 5.81. The number of halogens is 1. The molecule has 0 unspecified atom stereocenters. The lowest BCUT2D eigenvalue weighted by atomic mass is 9.78. The van der Waals surface area contributed by atoms with Crippen molar-refractivity contribution < 1.29 is 9.18 Å². The van der Waals surface area contributed by atoms with E-state index in [1.54, 1.807) is 19.2 Å². The molecule has 0 aromatic heterocycles. The Morgan fingerprint density at radius 2 is 2.05 bits per heavy atom. The van der Waals surface area contributed by atoms with Crippen LogP contribution >= 0.6 is 0 Å². The molecular weight excluding hydrogens is 255 g/mol. The van der Waals surface area contributed by atoms with E-state index in [1.807, 2.05) is 4.90 Å². The van der Waals surface area contributed by atoms with Gasteiger partial charge in [0.05, 0.1) is 11.3 Å². The quantitative estimate of drug-likeness (QED) is 0.917. The number of benzene rings is 1. The predicted octanol–water partition coefficient (Wildman–Crippen LogP) is 3.52. The highest BCUT2D eigenvalue weighted by Gasteiger charge is 2.31. The Labute approximate surface area is 120 Å². The molecule has 1 heterocycles. The molecule has 1 N–H and O–H groups in total. The molecular formula is C16H23FN2O. The molecule has 1 fully saturated rings. The molecule has 0 bridgehead atoms. The van der Waals surface area contributed by atoms with Crippen LogP contribution in [0.2, 0.25) is 0 Å². The molecule has 1 saturated heterocycles. The van der Waals surface area contributed by atoms with Crippen LogP contribution in [-0.2, 0) is 0 Å². The van der Waals surface area contributed by atoms with Gasteiger partial charge >= 0.3 is 0 Å². The van der Waals surface area contributed by atoms with E-state index in [2.05, 4.69) is 19.2 Å². The van der Waals surface area contributed by atoms with E-state index >= 15 is 0 Å². The summed E-state index contributed by atoms with van der Waals surface area (Å²) in [5.74, 6) is -0.458. The van der Waals surface area contributed by atoms with Gasteiger partial charge in [0.25, 0.3) is 5.91 Å². The fourth-order valence-corrected chi connectivity index (χ4v) is 2.73. The molecule has 0 radical (unpaired) electrons. The maximum atomic E-state index is 13.7. The van der Waals surface area contributed by atoms with Gasteiger partial charge in [0.15, 0.2) is 0 Å². The molecule has 20 heavy (non-hydrogen) atoms. The maximum absolute atomic E-state index is 13.7. The zero-order chi connectivity index (χ0) is 14.8. The number of piperidine rings is 1. The van der Waals surface area contributed by atoms with Crippen molar-refractivity contribution in [3.8, 4) is 0 Å². The number of nitrogens with zero attached hydrogens (tertiary/aromatic N) is 1. The number of amides is 1. The Kier molecular flexibility index (Phi) is 4.31. The topological polar surface area (TPSA) is 32.3 Å². The zero-order valence-corrected chi connectivity index (χ0v) is 12.5. The summed E-state index contributed by atoms with van der Waals surface area (Å²) in [6.07, 6.45) is 3.16. The Morgan fingerprint density at radius 1 is 1.40 bits per heavy atom. The zero-order valence-electron chi connectivity index (χ0n) is 12.5. The monoisotopic (exact) mass is 278 g/mol. The van der Waals surface area contributed by atoms with E-state index in [-0.39, 0.29) is 11.7 Å². The Morgan fingerprint density at radius 3 is 2.60 bits per heavy atom. The number of para-hydroxylation sites is 1. The molecule has 2 rings (SSSR count). The van der Waals surface area contributed by atoms with Gasteiger partial charge in [-0.15, -0.1) is 0 Å². The summed E-state index contributed by atoms with van der Waals surface area (Å²) in [7, 11) is 1.64. The summed E-state index contributed by atoms with van der Waals surface area (Å²) in [6, 6.07) is 4.64. The molecule has 3 nitrogen and oxygen atoms in total. The van der Waals surface area contributed by atoms with Gasteiger partial charge in [-0.3, -0.25) is 4.79 Å². The number of anilines is 1. The molecule has 1 aliphatic rings. The van der Waals surface area contributed by atoms with Gasteiger partial charge in [-0.25, -0.2) is 4.39 Å². The molecule has 0 aliphatic carbocycles. The van der Waals surface area contributed by atoms with Crippen LogP contribution < -0.4 is 5.32 Å². The van der Waals surface area contributed by atoms with Gasteiger partial charge in [0.2, 0.25) is 0 Å². The molecule has 0 spiro atoms. The normalized spacial score (nSPS) is 17.9. The molecule has 4 heteroatoms. The SMILES string of the molecule is CCC1(C)CCN(C(=O)c2cccc(F)c2NC)CC1. The molecule has 1 aromatic rings. The second-order valence-corrected chi connectivity index (χ2v) is 5.87. The Bertz CT molecular complexity index is 493. The first-order valence-electron chi connectivity index (χ1n) is 7.26. The first-order valence-corrected chi connectivity index (χ1v) is 7.26. The van der Waals surface area contributed by atoms with Crippen molar-refractivity contribution in [3.63, 3.8) is 0 Å². The number of hydrogen-bond acceptors (Lipinski definition) is 2. The summed E-state index contributed by atoms with van der Waals surface area (Å²) >= 11 is 0. The highest BCUT2D eigenvalue weighted by atomic mass is 19.1. The van der Waals surface area contributed by atoms with Gasteiger partial charge in [-0.05, 0) is 30.4 Å². The largest absolute Gasteiger partial charge is 0.385 e. The van der Waals surface area contributed by atoms with Crippen LogP contribution in [0.25, 0.3) is 0 Å². The van der Waals surface area contributed by atoms with Crippen LogP contribution in [0.15, 0.2) is 18.2 Å². The Balaban J connectivity index is 2.16. The maximum Gasteiger partial charge on any atom is 0.256 e. The molecule has 0 atom stereocenters. The van der Waals surface area contributed by atoms with Gasteiger partial charge < -0.3 is 10.2 Å². The first-order chi connectivity index (χ1) is 9.50. The van der Waals surface area contributed by atoms with Crippen LogP contribution in [0.3, 0.4) is 0 Å². The minimum Gasteiger partial charge on any atom is -0.385 e. The van der Waals surface area contributed by atoms with Crippen molar-refractivity contribution >= 4 is 11.6 Å². The highest BCUT2D eigenvalue weighted by molar-refractivity contribution is 5.99. The van der Waals surface area contributed by atoms with Crippen LogP contribution in [-0.4, -0.2) is 30.9 Å². The molecule has 110 valence electrons. The third-order valence-electron chi connectivity index (χ3n) is 4.61. The van der Waals surface area contributed by atoms with Crippen LogP contribution in [0.4, 0.5) is 10.1 Å². The van der Waals surface area contributed by atoms with Crippen molar-refractivity contribution in [1.82, 2.24) is 4.90 Å². The van der Waals surface area contributed by atoms with Crippen LogP contribution in [0, 0.1) is 11.2 Å². The van der Waals surface area contributed by atoms with Crippen molar-refractivity contribution in [3.05, 3.63) is 29.6 Å². The standard InChI is InChI=1S/C16H23FN2O/c1-4-16(2)8-10-19(11-9-16)15(20)12-6-5-7-13(17)14(12)18-3/h5-7,18H,4,8-11H2,1-3H3. The van der Waals surface area contributed by atoms with E-state index in [0.29, 0.717) is 16.7 Å².